The lowest BCUT2D eigenvalue weighted by molar-refractivity contribution is -0.142. The number of carboxylic acids is 1. The molecule has 0 saturated heterocycles. The number of nitrogens with one attached hydrogen (secondary N) is 5. The third kappa shape index (κ3) is 12.5. The first-order chi connectivity index (χ1) is 24.6. The van der Waals surface area contributed by atoms with Crippen molar-refractivity contribution in [3.05, 3.63) is 87.7 Å². The first kappa shape index (κ1) is 37.4. The van der Waals surface area contributed by atoms with Gasteiger partial charge in [0.1, 0.15) is 11.9 Å². The number of rotatable bonds is 19. The maximum atomic E-state index is 12.9. The molecule has 0 aliphatic heterocycles. The highest BCUT2D eigenvalue weighted by Crippen LogP contribution is 2.12. The molecule has 0 radical (unpaired) electrons. The Morgan fingerprint density at radius 1 is 0.980 bits per heavy atom. The summed E-state index contributed by atoms with van der Waals surface area (Å²) in [4.78, 5) is 80.1. The van der Waals surface area contributed by atoms with Crippen molar-refractivity contribution in [2.75, 3.05) is 30.7 Å². The minimum Gasteiger partial charge on any atom is -0.480 e. The Morgan fingerprint density at radius 2 is 1.73 bits per heavy atom. The van der Waals surface area contributed by atoms with Crippen LogP contribution in [0.25, 0.3) is 11.2 Å². The van der Waals surface area contributed by atoms with E-state index < -0.39 is 29.4 Å². The molecule has 1 atom stereocenters. The molecule has 17 nitrogen and oxygen atoms in total. The number of carbonyl (C=O) groups excluding carboxylic acids is 3. The van der Waals surface area contributed by atoms with Crippen LogP contribution in [0.4, 0.5) is 16.0 Å². The number of hydrogen-bond acceptors (Lipinski definition) is 12. The number of halogens is 1. The largest absolute Gasteiger partial charge is 0.480 e. The lowest BCUT2D eigenvalue weighted by Crippen LogP contribution is -2.41. The molecular formula is C33H37FN10O7. The fourth-order valence-electron chi connectivity index (χ4n) is 4.56. The predicted molar refractivity (Wildman–Crippen MR) is 184 cm³/mol. The van der Waals surface area contributed by atoms with E-state index in [1.807, 2.05) is 0 Å². The smallest absolute Gasteiger partial charge is 0.326 e. The average molecular weight is 705 g/mol. The zero-order chi connectivity index (χ0) is 36.6. The van der Waals surface area contributed by atoms with Gasteiger partial charge in [0.15, 0.2) is 17.8 Å². The molecule has 0 saturated carbocycles. The Bertz CT molecular complexity index is 1900. The van der Waals surface area contributed by atoms with Crippen molar-refractivity contribution in [1.29, 1.82) is 0 Å². The van der Waals surface area contributed by atoms with Gasteiger partial charge in [-0.15, -0.1) is 0 Å². The van der Waals surface area contributed by atoms with Crippen LogP contribution < -0.4 is 32.6 Å². The van der Waals surface area contributed by atoms with Gasteiger partial charge >= 0.3 is 5.97 Å². The zero-order valence-corrected chi connectivity index (χ0v) is 27.4. The molecule has 8 N–H and O–H groups in total. The molecule has 2 aromatic carbocycles. The van der Waals surface area contributed by atoms with E-state index in [1.54, 1.807) is 24.3 Å². The molecule has 18 heteroatoms. The molecule has 0 aliphatic rings. The topological polar surface area (TPSA) is 256 Å². The zero-order valence-electron chi connectivity index (χ0n) is 27.4. The molecule has 3 amide bonds. The second kappa shape index (κ2) is 18.9. The number of oxime groups is 1. The van der Waals surface area contributed by atoms with Crippen LogP contribution in [0.5, 0.6) is 0 Å². The molecule has 4 aromatic rings. The van der Waals surface area contributed by atoms with E-state index in [1.165, 1.54) is 36.7 Å². The monoisotopic (exact) mass is 704 g/mol. The van der Waals surface area contributed by atoms with Crippen molar-refractivity contribution in [2.45, 2.75) is 44.7 Å². The molecule has 0 fully saturated rings. The van der Waals surface area contributed by atoms with Gasteiger partial charge in [-0.2, -0.15) is 4.98 Å². The van der Waals surface area contributed by atoms with Crippen molar-refractivity contribution < 1.29 is 33.5 Å². The molecule has 2 aromatic heterocycles. The van der Waals surface area contributed by atoms with Gasteiger partial charge in [-0.25, -0.2) is 19.2 Å². The van der Waals surface area contributed by atoms with Gasteiger partial charge < -0.3 is 36.9 Å². The summed E-state index contributed by atoms with van der Waals surface area (Å²) >= 11 is 0. The number of hydrogen-bond donors (Lipinski definition) is 7. The minimum atomic E-state index is -1.17. The van der Waals surface area contributed by atoms with Crippen LogP contribution in [0, 0.1) is 5.82 Å². The summed E-state index contributed by atoms with van der Waals surface area (Å²) in [6.07, 6.45) is 4.20. The van der Waals surface area contributed by atoms with E-state index in [2.05, 4.69) is 46.4 Å². The highest BCUT2D eigenvalue weighted by molar-refractivity contribution is 5.94. The van der Waals surface area contributed by atoms with E-state index in [-0.39, 0.29) is 67.9 Å². The summed E-state index contributed by atoms with van der Waals surface area (Å²) < 4.78 is 12.9. The Kier molecular flexibility index (Phi) is 13.9. The fraction of sp³-hybridized carbons (Fsp3) is 0.303. The summed E-state index contributed by atoms with van der Waals surface area (Å²) in [7, 11) is 0. The number of aromatic amines is 1. The van der Waals surface area contributed by atoms with Crippen LogP contribution in [-0.4, -0.2) is 80.7 Å². The van der Waals surface area contributed by atoms with Gasteiger partial charge in [-0.1, -0.05) is 17.3 Å². The van der Waals surface area contributed by atoms with Crippen LogP contribution in [0.2, 0.25) is 0 Å². The number of nitrogens with zero attached hydrogens (tertiary/aromatic N) is 4. The van der Waals surface area contributed by atoms with Crippen molar-refractivity contribution in [3.8, 4) is 0 Å². The third-order valence-electron chi connectivity index (χ3n) is 7.19. The number of nitrogen functional groups attached to an aromatic ring is 1. The van der Waals surface area contributed by atoms with Gasteiger partial charge in [0.05, 0.1) is 24.7 Å². The van der Waals surface area contributed by atoms with E-state index in [4.69, 9.17) is 10.6 Å². The number of aromatic nitrogens is 4. The number of aliphatic carboxylic acids is 1. The number of anilines is 2. The van der Waals surface area contributed by atoms with E-state index >= 15 is 0 Å². The first-order valence-electron chi connectivity index (χ1n) is 15.9. The van der Waals surface area contributed by atoms with Crippen LogP contribution >= 0.6 is 0 Å². The van der Waals surface area contributed by atoms with E-state index in [0.29, 0.717) is 41.8 Å². The Morgan fingerprint density at radius 3 is 2.47 bits per heavy atom. The molecule has 51 heavy (non-hydrogen) atoms. The number of carboxylic acid groups (broad SMARTS) is 1. The minimum absolute atomic E-state index is 0.0135. The van der Waals surface area contributed by atoms with Gasteiger partial charge in [-0.3, -0.25) is 24.2 Å². The molecule has 4 rings (SSSR count). The summed E-state index contributed by atoms with van der Waals surface area (Å²) in [5, 5.41) is 24.1. The van der Waals surface area contributed by atoms with Crippen LogP contribution in [0.3, 0.4) is 0 Å². The SMILES string of the molecule is Nc1nc2ncc(CNc3ccc(C(=O)NCCCC(=O)N[C@@H](CCCCNC(=O)CO/N=C/c4ccc(F)cc4)C(=O)O)cc3)nc2c(=O)[nH]1. The lowest BCUT2D eigenvalue weighted by atomic mass is 10.1. The maximum absolute atomic E-state index is 12.9. The van der Waals surface area contributed by atoms with Crippen LogP contribution in [0.1, 0.15) is 53.7 Å². The van der Waals surface area contributed by atoms with Gasteiger partial charge in [-0.05, 0) is 67.6 Å². The summed E-state index contributed by atoms with van der Waals surface area (Å²) in [5.41, 5.74) is 7.45. The Labute approximate surface area is 290 Å². The first-order valence-corrected chi connectivity index (χ1v) is 15.9. The Hall–Kier alpha value is -6.46. The maximum Gasteiger partial charge on any atom is 0.326 e. The third-order valence-corrected chi connectivity index (χ3v) is 7.19. The Balaban J connectivity index is 1.07. The van der Waals surface area contributed by atoms with Crippen molar-refractivity contribution in [1.82, 2.24) is 35.9 Å². The van der Waals surface area contributed by atoms with E-state index in [0.717, 1.165) is 0 Å². The highest BCUT2D eigenvalue weighted by Gasteiger charge is 2.19. The van der Waals surface area contributed by atoms with Gasteiger partial charge in [0, 0.05) is 30.8 Å². The average Bonchev–Trinajstić information content (AvgIpc) is 3.11. The molecule has 0 aliphatic carbocycles. The van der Waals surface area contributed by atoms with Crippen LogP contribution in [-0.2, 0) is 25.8 Å². The number of benzene rings is 2. The van der Waals surface area contributed by atoms with Crippen molar-refractivity contribution >= 4 is 52.7 Å². The number of fused-ring (bicyclic) bond motifs is 1. The number of carbonyl (C=O) groups is 4. The quantitative estimate of drug-likeness (QED) is 0.0416. The molecular weight excluding hydrogens is 667 g/mol. The van der Waals surface area contributed by atoms with Crippen LogP contribution in [0.15, 0.2) is 64.7 Å². The molecule has 0 unspecified atom stereocenters. The highest BCUT2D eigenvalue weighted by atomic mass is 19.1. The second-order valence-electron chi connectivity index (χ2n) is 11.1. The summed E-state index contributed by atoms with van der Waals surface area (Å²) in [5.74, 6) is -2.81. The molecule has 0 bridgehead atoms. The second-order valence-corrected chi connectivity index (χ2v) is 11.1. The van der Waals surface area contributed by atoms with Crippen molar-refractivity contribution in [3.63, 3.8) is 0 Å². The lowest BCUT2D eigenvalue weighted by Gasteiger charge is -2.14. The number of H-pyrrole nitrogens is 1. The molecule has 0 spiro atoms. The molecule has 2 heterocycles. The van der Waals surface area contributed by atoms with E-state index in [9.17, 15) is 33.5 Å². The van der Waals surface area contributed by atoms with Crippen molar-refractivity contribution in [2.24, 2.45) is 5.16 Å². The normalized spacial score (nSPS) is 11.5. The summed E-state index contributed by atoms with van der Waals surface area (Å²) in [6.45, 7) is 0.420. The number of nitrogens with two attached hydrogens (primary N) is 1. The summed E-state index contributed by atoms with van der Waals surface area (Å²) in [6, 6.07) is 11.1. The number of amides is 3. The van der Waals surface area contributed by atoms with Gasteiger partial charge in [0.2, 0.25) is 11.9 Å². The standard InChI is InChI=1S/C33H37FN10O7/c34-22-10-6-20(7-11-22)16-40-51-19-27(46)36-14-2-1-4-25(32(49)50)42-26(45)5-3-15-37-30(47)21-8-12-23(13-9-21)38-17-24-18-39-29-28(41-24)31(48)44-33(35)43-29/h6-13,16,18,25,38H,1-5,14-15,17,19H2,(H,36,46)(H,37,47)(H,42,45)(H,49,50)(H3,35,39,43,44,48)/b40-16+/t25-/m0/s1. The van der Waals surface area contributed by atoms with Gasteiger partial charge in [0.25, 0.3) is 17.4 Å². The predicted octanol–water partition coefficient (Wildman–Crippen LogP) is 1.46. The molecule has 268 valence electrons. The number of unbranched alkanes of at least 4 members (excludes halogenated alkanes) is 1. The fourth-order valence-corrected chi connectivity index (χ4v) is 4.56.